The van der Waals surface area contributed by atoms with Gasteiger partial charge >= 0.3 is 6.36 Å². The van der Waals surface area contributed by atoms with Crippen LogP contribution in [-0.2, 0) is 0 Å². The molecule has 2 aromatic rings. The van der Waals surface area contributed by atoms with Gasteiger partial charge in [0.25, 0.3) is 0 Å². The van der Waals surface area contributed by atoms with Crippen LogP contribution in [0.5, 0.6) is 5.75 Å². The number of alkyl halides is 3. The Morgan fingerprint density at radius 1 is 1.23 bits per heavy atom. The van der Waals surface area contributed by atoms with Crippen LogP contribution in [0.2, 0.25) is 0 Å². The third-order valence-electron chi connectivity index (χ3n) is 5.06. The van der Waals surface area contributed by atoms with E-state index in [1.807, 2.05) is 0 Å². The Labute approximate surface area is 179 Å². The average Bonchev–Trinajstić information content (AvgIpc) is 2.73. The van der Waals surface area contributed by atoms with Gasteiger partial charge in [-0.15, -0.1) is 13.2 Å². The summed E-state index contributed by atoms with van der Waals surface area (Å²) in [5.74, 6) is 1.18. The van der Waals surface area contributed by atoms with Crippen LogP contribution in [0.15, 0.2) is 30.3 Å². The van der Waals surface area contributed by atoms with E-state index >= 15 is 0 Å². The fourth-order valence-corrected chi connectivity index (χ4v) is 3.44. The first kappa shape index (κ1) is 23.1. The summed E-state index contributed by atoms with van der Waals surface area (Å²) in [6, 6.07) is 7.08. The molecule has 1 saturated heterocycles. The monoisotopic (exact) mass is 439 g/mol. The molecule has 1 aromatic carbocycles. The molecule has 0 spiro atoms. The molecule has 0 amide bonds. The van der Waals surface area contributed by atoms with Crippen molar-refractivity contribution in [1.29, 1.82) is 0 Å². The smallest absolute Gasteiger partial charge is 0.406 e. The summed E-state index contributed by atoms with van der Waals surface area (Å²) in [7, 11) is 0. The number of nitrogens with one attached hydrogen (secondary N) is 3. The van der Waals surface area contributed by atoms with E-state index in [2.05, 4.69) is 30.7 Å². The normalized spacial score (nSPS) is 16.0. The lowest BCUT2D eigenvalue weighted by atomic mass is 9.95. The molecular weight excluding hydrogens is 411 g/mol. The fourth-order valence-electron chi connectivity index (χ4n) is 3.44. The van der Waals surface area contributed by atoms with Gasteiger partial charge in [-0.1, -0.05) is 12.1 Å². The molecule has 0 aliphatic carbocycles. The molecule has 0 saturated carbocycles. The van der Waals surface area contributed by atoms with Gasteiger partial charge in [-0.2, -0.15) is 4.98 Å². The van der Waals surface area contributed by atoms with E-state index in [-0.39, 0.29) is 24.3 Å². The molecule has 2 heterocycles. The standard InChI is InChI=1S/C21H28F3N5O2/c1-14(13-30)27-20-28-18(16-3-2-4-17(11-16)31-21(22,23)24)12-19(29-20)26-10-7-15-5-8-25-9-6-15/h2-4,11-12,14-15,25,30H,5-10,13H2,1H3,(H2,26,27,28,29)/t14-/m0/s1. The maximum atomic E-state index is 12.6. The van der Waals surface area contributed by atoms with Crippen LogP contribution in [0.1, 0.15) is 26.2 Å². The first-order valence-corrected chi connectivity index (χ1v) is 10.4. The summed E-state index contributed by atoms with van der Waals surface area (Å²) in [6.07, 6.45) is -1.48. The van der Waals surface area contributed by atoms with E-state index in [0.717, 1.165) is 38.9 Å². The molecule has 0 unspecified atom stereocenters. The van der Waals surface area contributed by atoms with Crippen molar-refractivity contribution < 1.29 is 23.0 Å². The number of anilines is 2. The van der Waals surface area contributed by atoms with Crippen molar-refractivity contribution in [3.05, 3.63) is 30.3 Å². The summed E-state index contributed by atoms with van der Waals surface area (Å²) in [5, 5.41) is 19.0. The predicted octanol–water partition coefficient (Wildman–Crippen LogP) is 3.64. The molecule has 1 aliphatic rings. The number of piperidine rings is 1. The van der Waals surface area contributed by atoms with Crippen molar-refractivity contribution >= 4 is 11.8 Å². The number of nitrogens with zero attached hydrogens (tertiary/aromatic N) is 2. The van der Waals surface area contributed by atoms with Gasteiger partial charge in [0.1, 0.15) is 11.6 Å². The van der Waals surface area contributed by atoms with E-state index in [9.17, 15) is 18.3 Å². The molecule has 4 N–H and O–H groups in total. The van der Waals surface area contributed by atoms with E-state index in [0.29, 0.717) is 23.0 Å². The van der Waals surface area contributed by atoms with Crippen molar-refractivity contribution in [1.82, 2.24) is 15.3 Å². The number of hydrogen-bond donors (Lipinski definition) is 4. The Hall–Kier alpha value is -2.59. The quantitative estimate of drug-likeness (QED) is 0.474. The zero-order chi connectivity index (χ0) is 22.3. The Morgan fingerprint density at radius 3 is 2.71 bits per heavy atom. The maximum absolute atomic E-state index is 12.6. The first-order valence-electron chi connectivity index (χ1n) is 10.4. The highest BCUT2D eigenvalue weighted by atomic mass is 19.4. The van der Waals surface area contributed by atoms with Crippen molar-refractivity contribution in [3.8, 4) is 17.0 Å². The topological polar surface area (TPSA) is 91.3 Å². The summed E-state index contributed by atoms with van der Waals surface area (Å²) in [6.45, 7) is 4.46. The van der Waals surface area contributed by atoms with Gasteiger partial charge in [-0.05, 0) is 57.3 Å². The highest BCUT2D eigenvalue weighted by molar-refractivity contribution is 5.66. The van der Waals surface area contributed by atoms with Crippen LogP contribution in [0, 0.1) is 5.92 Å². The van der Waals surface area contributed by atoms with Crippen LogP contribution in [0.25, 0.3) is 11.3 Å². The van der Waals surface area contributed by atoms with Gasteiger partial charge in [-0.25, -0.2) is 4.98 Å². The minimum absolute atomic E-state index is 0.110. The number of halogens is 3. The molecule has 0 bridgehead atoms. The van der Waals surface area contributed by atoms with Crippen LogP contribution in [0.3, 0.4) is 0 Å². The maximum Gasteiger partial charge on any atom is 0.573 e. The molecule has 1 atom stereocenters. The lowest BCUT2D eigenvalue weighted by Gasteiger charge is -2.22. The van der Waals surface area contributed by atoms with Crippen molar-refractivity contribution in [2.24, 2.45) is 5.92 Å². The molecular formula is C21H28F3N5O2. The second-order valence-corrected chi connectivity index (χ2v) is 7.67. The molecule has 1 fully saturated rings. The van der Waals surface area contributed by atoms with Crippen molar-refractivity contribution in [2.45, 2.75) is 38.6 Å². The number of rotatable bonds is 9. The Bertz CT molecular complexity index is 844. The summed E-state index contributed by atoms with van der Waals surface area (Å²) in [5.41, 5.74) is 0.907. The third kappa shape index (κ3) is 7.55. The number of ether oxygens (including phenoxy) is 1. The zero-order valence-corrected chi connectivity index (χ0v) is 17.4. The summed E-state index contributed by atoms with van der Waals surface area (Å²) in [4.78, 5) is 8.85. The largest absolute Gasteiger partial charge is 0.573 e. The third-order valence-corrected chi connectivity index (χ3v) is 5.06. The Morgan fingerprint density at radius 2 is 2.00 bits per heavy atom. The molecule has 1 aromatic heterocycles. The van der Waals surface area contributed by atoms with E-state index in [1.54, 1.807) is 19.1 Å². The minimum atomic E-state index is -4.77. The van der Waals surface area contributed by atoms with E-state index in [4.69, 9.17) is 0 Å². The number of hydrogen-bond acceptors (Lipinski definition) is 7. The van der Waals surface area contributed by atoms with Crippen LogP contribution in [0.4, 0.5) is 24.9 Å². The number of aliphatic hydroxyl groups excluding tert-OH is 1. The Balaban J connectivity index is 1.78. The van der Waals surface area contributed by atoms with Gasteiger partial charge in [-0.3, -0.25) is 0 Å². The lowest BCUT2D eigenvalue weighted by Crippen LogP contribution is -2.28. The van der Waals surface area contributed by atoms with Crippen LogP contribution >= 0.6 is 0 Å². The van der Waals surface area contributed by atoms with Crippen LogP contribution < -0.4 is 20.7 Å². The molecule has 3 rings (SSSR count). The van der Waals surface area contributed by atoms with Crippen LogP contribution in [-0.4, -0.2) is 53.7 Å². The van der Waals surface area contributed by atoms with Gasteiger partial charge in [0.05, 0.1) is 12.3 Å². The summed E-state index contributed by atoms with van der Waals surface area (Å²) < 4.78 is 41.8. The number of aliphatic hydroxyl groups is 1. The number of benzene rings is 1. The van der Waals surface area contributed by atoms with Gasteiger partial charge in [0.15, 0.2) is 0 Å². The Kier molecular flexibility index (Phi) is 7.91. The van der Waals surface area contributed by atoms with Gasteiger partial charge < -0.3 is 25.8 Å². The van der Waals surface area contributed by atoms with Gasteiger partial charge in [0.2, 0.25) is 5.95 Å². The molecule has 1 aliphatic heterocycles. The highest BCUT2D eigenvalue weighted by Crippen LogP contribution is 2.29. The van der Waals surface area contributed by atoms with Crippen molar-refractivity contribution in [3.63, 3.8) is 0 Å². The predicted molar refractivity (Wildman–Crippen MR) is 113 cm³/mol. The van der Waals surface area contributed by atoms with Gasteiger partial charge in [0, 0.05) is 24.2 Å². The van der Waals surface area contributed by atoms with E-state index in [1.165, 1.54) is 18.2 Å². The van der Waals surface area contributed by atoms with Crippen molar-refractivity contribution in [2.75, 3.05) is 36.9 Å². The second-order valence-electron chi connectivity index (χ2n) is 7.67. The molecule has 170 valence electrons. The lowest BCUT2D eigenvalue weighted by molar-refractivity contribution is -0.274. The SMILES string of the molecule is C[C@@H](CO)Nc1nc(NCCC2CCNCC2)cc(-c2cccc(OC(F)(F)F)c2)n1. The number of aromatic nitrogens is 2. The minimum Gasteiger partial charge on any atom is -0.406 e. The zero-order valence-electron chi connectivity index (χ0n) is 17.4. The second kappa shape index (κ2) is 10.6. The first-order chi connectivity index (χ1) is 14.8. The molecule has 0 radical (unpaired) electrons. The molecule has 31 heavy (non-hydrogen) atoms. The fraction of sp³-hybridized carbons (Fsp3) is 0.524. The molecule has 10 heteroatoms. The summed E-state index contributed by atoms with van der Waals surface area (Å²) >= 11 is 0. The van der Waals surface area contributed by atoms with E-state index < -0.39 is 6.36 Å². The molecule has 7 nitrogen and oxygen atoms in total. The average molecular weight is 439 g/mol. The highest BCUT2D eigenvalue weighted by Gasteiger charge is 2.31.